The van der Waals surface area contributed by atoms with Gasteiger partial charge in [-0.05, 0) is 43.4 Å². The summed E-state index contributed by atoms with van der Waals surface area (Å²) < 4.78 is 6.48. The van der Waals surface area contributed by atoms with Crippen molar-refractivity contribution in [1.29, 1.82) is 0 Å². The minimum atomic E-state index is -0.569. The van der Waals surface area contributed by atoms with Crippen LogP contribution in [0.3, 0.4) is 0 Å². The van der Waals surface area contributed by atoms with E-state index in [0.717, 1.165) is 22.9 Å². The minimum Gasteiger partial charge on any atom is -0.381 e. The average molecular weight is 423 g/mol. The van der Waals surface area contributed by atoms with Crippen molar-refractivity contribution in [1.82, 2.24) is 10.6 Å². The Morgan fingerprint density at radius 2 is 1.77 bits per heavy atom. The zero-order valence-corrected chi connectivity index (χ0v) is 16.6. The van der Waals surface area contributed by atoms with Gasteiger partial charge in [-0.3, -0.25) is 9.59 Å². The lowest BCUT2D eigenvalue weighted by Gasteiger charge is -2.36. The molecule has 0 spiro atoms. The first-order chi connectivity index (χ1) is 12.6. The molecule has 0 bridgehead atoms. The molecule has 5 nitrogen and oxygen atoms in total. The molecule has 0 atom stereocenters. The number of hydrogen-bond donors (Lipinski definition) is 2. The highest BCUT2D eigenvalue weighted by Gasteiger charge is 2.41. The summed E-state index contributed by atoms with van der Waals surface area (Å²) in [5.41, 5.74) is 0.442. The van der Waals surface area contributed by atoms with E-state index in [0.29, 0.717) is 45.1 Å². The molecule has 2 N–H and O–H groups in total. The van der Waals surface area contributed by atoms with Gasteiger partial charge in [0, 0.05) is 36.7 Å². The predicted molar refractivity (Wildman–Crippen MR) is 104 cm³/mol. The number of halogens is 1. The third-order valence-electron chi connectivity index (χ3n) is 5.54. The summed E-state index contributed by atoms with van der Waals surface area (Å²) in [4.78, 5) is 25.1. The molecule has 6 heteroatoms. The van der Waals surface area contributed by atoms with Gasteiger partial charge in [0.15, 0.2) is 0 Å². The van der Waals surface area contributed by atoms with Crippen LogP contribution < -0.4 is 10.6 Å². The Hall–Kier alpha value is -1.40. The Morgan fingerprint density at radius 3 is 2.42 bits per heavy atom. The quantitative estimate of drug-likeness (QED) is 0.739. The Kier molecular flexibility index (Phi) is 6.70. The van der Waals surface area contributed by atoms with E-state index in [9.17, 15) is 9.59 Å². The zero-order chi connectivity index (χ0) is 18.4. The highest BCUT2D eigenvalue weighted by Crippen LogP contribution is 2.35. The van der Waals surface area contributed by atoms with E-state index < -0.39 is 5.41 Å². The molecule has 1 saturated heterocycles. The molecule has 2 amide bonds. The second kappa shape index (κ2) is 9.00. The van der Waals surface area contributed by atoms with Crippen LogP contribution in [-0.2, 0) is 19.7 Å². The predicted octanol–water partition coefficient (Wildman–Crippen LogP) is 3.06. The summed E-state index contributed by atoms with van der Waals surface area (Å²) in [6.45, 7) is 1.52. The Labute approximate surface area is 163 Å². The molecular formula is C20H27BrN2O3. The highest BCUT2D eigenvalue weighted by atomic mass is 79.9. The number of nitrogens with one attached hydrogen (secondary N) is 2. The van der Waals surface area contributed by atoms with Crippen molar-refractivity contribution in [2.75, 3.05) is 19.8 Å². The summed E-state index contributed by atoms with van der Waals surface area (Å²) in [7, 11) is 0. The van der Waals surface area contributed by atoms with E-state index in [2.05, 4.69) is 26.6 Å². The molecule has 3 rings (SSSR count). The average Bonchev–Trinajstić information content (AvgIpc) is 3.15. The maximum atomic E-state index is 13.0. The maximum absolute atomic E-state index is 13.0. The molecule has 0 radical (unpaired) electrons. The van der Waals surface area contributed by atoms with Crippen molar-refractivity contribution < 1.29 is 14.3 Å². The van der Waals surface area contributed by atoms with Crippen molar-refractivity contribution in [2.45, 2.75) is 56.4 Å². The van der Waals surface area contributed by atoms with Gasteiger partial charge in [0.25, 0.3) is 0 Å². The third-order valence-corrected chi connectivity index (χ3v) is 6.06. The molecule has 2 fully saturated rings. The van der Waals surface area contributed by atoms with Crippen LogP contribution in [0.15, 0.2) is 28.7 Å². The van der Waals surface area contributed by atoms with Crippen LogP contribution in [0.5, 0.6) is 0 Å². The van der Waals surface area contributed by atoms with Crippen LogP contribution in [-0.4, -0.2) is 37.6 Å². The Morgan fingerprint density at radius 1 is 1.12 bits per heavy atom. The van der Waals surface area contributed by atoms with E-state index in [4.69, 9.17) is 4.74 Å². The van der Waals surface area contributed by atoms with E-state index in [1.54, 1.807) is 0 Å². The molecule has 1 saturated carbocycles. The number of benzene rings is 1. The van der Waals surface area contributed by atoms with Crippen LogP contribution in [0.25, 0.3) is 0 Å². The van der Waals surface area contributed by atoms with E-state index in [1.807, 2.05) is 24.3 Å². The van der Waals surface area contributed by atoms with Gasteiger partial charge in [-0.2, -0.15) is 0 Å². The lowest BCUT2D eigenvalue weighted by molar-refractivity contribution is -0.130. The molecule has 142 valence electrons. The molecule has 26 heavy (non-hydrogen) atoms. The van der Waals surface area contributed by atoms with Gasteiger partial charge in [0.1, 0.15) is 0 Å². The van der Waals surface area contributed by atoms with Crippen molar-refractivity contribution >= 4 is 27.7 Å². The lowest BCUT2D eigenvalue weighted by atomic mass is 9.73. The number of ether oxygens (including phenoxy) is 1. The van der Waals surface area contributed by atoms with Crippen LogP contribution >= 0.6 is 15.9 Å². The van der Waals surface area contributed by atoms with Crippen LogP contribution in [0.1, 0.15) is 50.5 Å². The molecule has 1 aromatic rings. The first kappa shape index (κ1) is 19.4. The molecular weight excluding hydrogens is 396 g/mol. The van der Waals surface area contributed by atoms with Gasteiger partial charge < -0.3 is 15.4 Å². The van der Waals surface area contributed by atoms with Gasteiger partial charge in [0.2, 0.25) is 11.8 Å². The molecule has 1 aliphatic carbocycles. The molecule has 2 aliphatic rings. The van der Waals surface area contributed by atoms with Gasteiger partial charge in [-0.15, -0.1) is 0 Å². The van der Waals surface area contributed by atoms with E-state index in [-0.39, 0.29) is 11.8 Å². The number of rotatable bonds is 6. The fraction of sp³-hybridized carbons (Fsp3) is 0.600. The molecule has 1 aromatic carbocycles. The number of amides is 2. The normalized spacial score (nSPS) is 19.9. The second-order valence-corrected chi connectivity index (χ2v) is 8.17. The fourth-order valence-electron chi connectivity index (χ4n) is 3.96. The third kappa shape index (κ3) is 4.65. The van der Waals surface area contributed by atoms with Crippen LogP contribution in [0.4, 0.5) is 0 Å². The monoisotopic (exact) mass is 422 g/mol. The van der Waals surface area contributed by atoms with Crippen molar-refractivity contribution in [3.63, 3.8) is 0 Å². The molecule has 0 aromatic heterocycles. The van der Waals surface area contributed by atoms with Gasteiger partial charge >= 0.3 is 0 Å². The lowest BCUT2D eigenvalue weighted by Crippen LogP contribution is -2.48. The van der Waals surface area contributed by atoms with Gasteiger partial charge in [-0.1, -0.05) is 40.9 Å². The fourth-order valence-corrected chi connectivity index (χ4v) is 4.23. The van der Waals surface area contributed by atoms with Crippen LogP contribution in [0, 0.1) is 0 Å². The van der Waals surface area contributed by atoms with E-state index in [1.165, 1.54) is 12.8 Å². The van der Waals surface area contributed by atoms with Crippen LogP contribution in [0.2, 0.25) is 0 Å². The summed E-state index contributed by atoms with van der Waals surface area (Å²) >= 11 is 3.45. The SMILES string of the molecule is O=C(CCNC(=O)C1(c2ccc(Br)cc2)CCOCC1)NC1CCCC1. The van der Waals surface area contributed by atoms with Crippen molar-refractivity contribution in [3.05, 3.63) is 34.3 Å². The van der Waals surface area contributed by atoms with E-state index >= 15 is 0 Å². The molecule has 0 unspecified atom stereocenters. The van der Waals surface area contributed by atoms with Gasteiger partial charge in [0.05, 0.1) is 5.41 Å². The summed E-state index contributed by atoms with van der Waals surface area (Å²) in [5, 5.41) is 6.06. The smallest absolute Gasteiger partial charge is 0.230 e. The number of carbonyl (C=O) groups excluding carboxylic acids is 2. The first-order valence-corrected chi connectivity index (χ1v) is 10.3. The number of carbonyl (C=O) groups is 2. The summed E-state index contributed by atoms with van der Waals surface area (Å²) in [6.07, 6.45) is 6.19. The Balaban J connectivity index is 1.57. The molecule has 1 aliphatic heterocycles. The maximum Gasteiger partial charge on any atom is 0.230 e. The zero-order valence-electron chi connectivity index (χ0n) is 15.1. The summed E-state index contributed by atoms with van der Waals surface area (Å²) in [6, 6.07) is 8.26. The van der Waals surface area contributed by atoms with Crippen molar-refractivity contribution in [2.24, 2.45) is 0 Å². The van der Waals surface area contributed by atoms with Gasteiger partial charge in [-0.25, -0.2) is 0 Å². The number of hydrogen-bond acceptors (Lipinski definition) is 3. The summed E-state index contributed by atoms with van der Waals surface area (Å²) in [5.74, 6) is 0.0265. The standard InChI is InChI=1S/C20H27BrN2O3/c21-16-7-5-15(6-8-16)20(10-13-26-14-11-20)19(25)22-12-9-18(24)23-17-3-1-2-4-17/h5-8,17H,1-4,9-14H2,(H,22,25)(H,23,24). The topological polar surface area (TPSA) is 67.4 Å². The minimum absolute atomic E-state index is 0.00297. The highest BCUT2D eigenvalue weighted by molar-refractivity contribution is 9.10. The van der Waals surface area contributed by atoms with Crippen molar-refractivity contribution in [3.8, 4) is 0 Å². The second-order valence-electron chi connectivity index (χ2n) is 7.26. The first-order valence-electron chi connectivity index (χ1n) is 9.52. The molecule has 1 heterocycles. The Bertz CT molecular complexity index is 620. The largest absolute Gasteiger partial charge is 0.381 e.